The summed E-state index contributed by atoms with van der Waals surface area (Å²) in [6.45, 7) is 0. The number of hydrogen-bond acceptors (Lipinski definition) is 4. The topological polar surface area (TPSA) is 43.6 Å². The number of rotatable bonds is 5. The maximum atomic E-state index is 13.4. The summed E-state index contributed by atoms with van der Waals surface area (Å²) in [4.78, 5) is 4.06. The number of hydrogen-bond donors (Lipinski definition) is 0. The van der Waals surface area contributed by atoms with Gasteiger partial charge >= 0.3 is 0 Å². The van der Waals surface area contributed by atoms with Gasteiger partial charge in [0.2, 0.25) is 0 Å². The van der Waals surface area contributed by atoms with Crippen LogP contribution in [-0.4, -0.2) is 19.7 Å². The molecule has 0 radical (unpaired) electrons. The largest absolute Gasteiger partial charge is 0.270 e. The molecule has 0 amide bonds. The summed E-state index contributed by atoms with van der Waals surface area (Å²) in [5.41, 5.74) is 2.87. The van der Waals surface area contributed by atoms with Crippen molar-refractivity contribution in [1.29, 1.82) is 0 Å². The van der Waals surface area contributed by atoms with E-state index in [1.54, 1.807) is 36.3 Å². The molecular weight excluding hydrogens is 427 g/mol. The minimum atomic E-state index is -0.278. The molecule has 0 saturated heterocycles. The molecular formula is C20H14BrFN4S. The van der Waals surface area contributed by atoms with E-state index in [0.717, 1.165) is 26.6 Å². The van der Waals surface area contributed by atoms with E-state index >= 15 is 0 Å². The summed E-state index contributed by atoms with van der Waals surface area (Å²) >= 11 is 5.16. The van der Waals surface area contributed by atoms with Crippen LogP contribution in [0, 0.1) is 5.82 Å². The van der Waals surface area contributed by atoms with Crippen LogP contribution in [0.5, 0.6) is 0 Å². The minimum Gasteiger partial charge on any atom is -0.270 e. The van der Waals surface area contributed by atoms with E-state index in [2.05, 4.69) is 37.2 Å². The highest BCUT2D eigenvalue weighted by Crippen LogP contribution is 2.31. The molecule has 2 heterocycles. The first-order chi connectivity index (χ1) is 13.2. The molecule has 0 fully saturated rings. The molecule has 134 valence electrons. The number of thioether (sulfide) groups is 1. The molecule has 0 aliphatic carbocycles. The Morgan fingerprint density at radius 3 is 2.41 bits per heavy atom. The lowest BCUT2D eigenvalue weighted by atomic mass is 10.2. The molecule has 7 heteroatoms. The molecule has 0 unspecified atom stereocenters. The van der Waals surface area contributed by atoms with E-state index in [-0.39, 0.29) is 5.82 Å². The monoisotopic (exact) mass is 440 g/mol. The lowest BCUT2D eigenvalue weighted by Crippen LogP contribution is -2.00. The van der Waals surface area contributed by atoms with Gasteiger partial charge in [0.25, 0.3) is 0 Å². The Morgan fingerprint density at radius 2 is 1.67 bits per heavy atom. The molecule has 27 heavy (non-hydrogen) atoms. The quantitative estimate of drug-likeness (QED) is 0.383. The van der Waals surface area contributed by atoms with Gasteiger partial charge in [-0.05, 0) is 48.0 Å². The van der Waals surface area contributed by atoms with E-state index in [4.69, 9.17) is 0 Å². The van der Waals surface area contributed by atoms with Gasteiger partial charge in [-0.2, -0.15) is 0 Å². The maximum Gasteiger partial charge on any atom is 0.196 e. The highest BCUT2D eigenvalue weighted by atomic mass is 79.9. The summed E-state index contributed by atoms with van der Waals surface area (Å²) in [5.74, 6) is 1.15. The van der Waals surface area contributed by atoms with Gasteiger partial charge in [0.05, 0.1) is 0 Å². The summed E-state index contributed by atoms with van der Waals surface area (Å²) in [5, 5.41) is 9.50. The van der Waals surface area contributed by atoms with Crippen LogP contribution in [0.4, 0.5) is 4.39 Å². The molecule has 0 bridgehead atoms. The third kappa shape index (κ3) is 3.94. The highest BCUT2D eigenvalue weighted by molar-refractivity contribution is 9.10. The van der Waals surface area contributed by atoms with Gasteiger partial charge in [-0.15, -0.1) is 10.2 Å². The summed E-state index contributed by atoms with van der Waals surface area (Å²) in [7, 11) is 0. The lowest BCUT2D eigenvalue weighted by Gasteiger charge is -2.11. The zero-order valence-electron chi connectivity index (χ0n) is 14.1. The summed E-state index contributed by atoms with van der Waals surface area (Å²) in [6, 6.07) is 18.2. The van der Waals surface area contributed by atoms with Crippen molar-refractivity contribution in [2.45, 2.75) is 10.9 Å². The van der Waals surface area contributed by atoms with Crippen molar-refractivity contribution in [3.05, 3.63) is 88.9 Å². The second-order valence-corrected chi connectivity index (χ2v) is 7.53. The van der Waals surface area contributed by atoms with Gasteiger partial charge in [0, 0.05) is 33.9 Å². The van der Waals surface area contributed by atoms with Crippen molar-refractivity contribution in [3.8, 4) is 17.1 Å². The number of aromatic nitrogens is 4. The second-order valence-electron chi connectivity index (χ2n) is 5.73. The highest BCUT2D eigenvalue weighted by Gasteiger charge is 2.16. The lowest BCUT2D eigenvalue weighted by molar-refractivity contribution is 0.627. The van der Waals surface area contributed by atoms with Crippen LogP contribution in [0.15, 0.2) is 82.7 Å². The van der Waals surface area contributed by atoms with Gasteiger partial charge < -0.3 is 0 Å². The Morgan fingerprint density at radius 1 is 0.926 bits per heavy atom. The van der Waals surface area contributed by atoms with Gasteiger partial charge in [-0.1, -0.05) is 45.9 Å². The first-order valence-corrected chi connectivity index (χ1v) is 9.98. The van der Waals surface area contributed by atoms with Crippen molar-refractivity contribution in [2.24, 2.45) is 0 Å². The summed E-state index contributed by atoms with van der Waals surface area (Å²) in [6.07, 6.45) is 3.43. The smallest absolute Gasteiger partial charge is 0.196 e. The van der Waals surface area contributed by atoms with Crippen molar-refractivity contribution >= 4 is 27.7 Å². The fourth-order valence-corrected chi connectivity index (χ4v) is 4.20. The van der Waals surface area contributed by atoms with E-state index in [9.17, 15) is 4.39 Å². The van der Waals surface area contributed by atoms with Crippen molar-refractivity contribution in [3.63, 3.8) is 0 Å². The minimum absolute atomic E-state index is 0.278. The Balaban J connectivity index is 1.74. The molecule has 0 aliphatic rings. The Labute approximate surface area is 168 Å². The molecule has 0 spiro atoms. The van der Waals surface area contributed by atoms with E-state index in [1.807, 2.05) is 34.9 Å². The third-order valence-corrected chi connectivity index (χ3v) is 5.72. The average Bonchev–Trinajstić information content (AvgIpc) is 3.12. The van der Waals surface area contributed by atoms with Crippen LogP contribution in [-0.2, 0) is 5.75 Å². The molecule has 0 aliphatic heterocycles. The average molecular weight is 441 g/mol. The zero-order valence-corrected chi connectivity index (χ0v) is 16.5. The predicted octanol–water partition coefficient (Wildman–Crippen LogP) is 5.52. The SMILES string of the molecule is Fc1ccc(-n2c(SCc3ccccc3Br)nnc2-c2ccncc2)cc1. The molecule has 0 N–H and O–H groups in total. The fourth-order valence-electron chi connectivity index (χ4n) is 2.63. The van der Waals surface area contributed by atoms with E-state index < -0.39 is 0 Å². The molecule has 4 nitrogen and oxygen atoms in total. The van der Waals surface area contributed by atoms with Gasteiger partial charge in [-0.25, -0.2) is 4.39 Å². The first kappa shape index (κ1) is 17.9. The van der Waals surface area contributed by atoms with Crippen LogP contribution in [0.2, 0.25) is 0 Å². The number of benzene rings is 2. The number of pyridine rings is 1. The molecule has 4 rings (SSSR count). The van der Waals surface area contributed by atoms with Crippen molar-refractivity contribution in [2.75, 3.05) is 0 Å². The Kier molecular flexibility index (Phi) is 5.31. The fraction of sp³-hybridized carbons (Fsp3) is 0.0500. The van der Waals surface area contributed by atoms with Gasteiger partial charge in [0.1, 0.15) is 5.82 Å². The zero-order chi connectivity index (χ0) is 18.6. The van der Waals surface area contributed by atoms with Gasteiger partial charge in [-0.3, -0.25) is 9.55 Å². The van der Waals surface area contributed by atoms with Crippen LogP contribution in [0.1, 0.15) is 5.56 Å². The predicted molar refractivity (Wildman–Crippen MR) is 108 cm³/mol. The Bertz CT molecular complexity index is 1050. The molecule has 0 atom stereocenters. The molecule has 2 aromatic heterocycles. The molecule has 0 saturated carbocycles. The third-order valence-electron chi connectivity index (χ3n) is 3.97. The van der Waals surface area contributed by atoms with Crippen LogP contribution in [0.3, 0.4) is 0 Å². The Hall–Kier alpha value is -2.51. The second kappa shape index (κ2) is 8.02. The van der Waals surface area contributed by atoms with Crippen LogP contribution >= 0.6 is 27.7 Å². The first-order valence-electron chi connectivity index (χ1n) is 8.20. The van der Waals surface area contributed by atoms with Crippen LogP contribution in [0.25, 0.3) is 17.1 Å². The van der Waals surface area contributed by atoms with Crippen molar-refractivity contribution in [1.82, 2.24) is 19.7 Å². The normalized spacial score (nSPS) is 10.9. The number of halogens is 2. The summed E-state index contributed by atoms with van der Waals surface area (Å²) < 4.78 is 16.4. The molecule has 2 aromatic carbocycles. The number of nitrogens with zero attached hydrogens (tertiary/aromatic N) is 4. The van der Waals surface area contributed by atoms with Crippen LogP contribution < -0.4 is 0 Å². The standard InChI is InChI=1S/C20H14BrFN4S/c21-18-4-2-1-3-15(18)13-27-20-25-24-19(14-9-11-23-12-10-14)26(20)17-7-5-16(22)6-8-17/h1-12H,13H2. The van der Waals surface area contributed by atoms with Crippen molar-refractivity contribution < 1.29 is 4.39 Å². The van der Waals surface area contributed by atoms with E-state index in [0.29, 0.717) is 5.82 Å². The maximum absolute atomic E-state index is 13.4. The molecule has 4 aromatic rings. The van der Waals surface area contributed by atoms with E-state index in [1.165, 1.54) is 17.7 Å². The van der Waals surface area contributed by atoms with Gasteiger partial charge in [0.15, 0.2) is 11.0 Å².